The summed E-state index contributed by atoms with van der Waals surface area (Å²) in [5.41, 5.74) is 3.13. The van der Waals surface area contributed by atoms with Crippen molar-refractivity contribution in [3.05, 3.63) is 70.0 Å². The second-order valence-electron chi connectivity index (χ2n) is 4.30. The molecule has 0 saturated carbocycles. The molecule has 3 N–H and O–H groups in total. The normalized spacial score (nSPS) is 12.4. The number of nitrogens with one attached hydrogen (secondary N) is 1. The third-order valence-electron chi connectivity index (χ3n) is 3.02. The first-order chi connectivity index (χ1) is 9.52. The third-order valence-corrected chi connectivity index (χ3v) is 3.37. The van der Waals surface area contributed by atoms with Crippen molar-refractivity contribution in [1.29, 1.82) is 0 Å². The van der Waals surface area contributed by atoms with Gasteiger partial charge in [0.1, 0.15) is 5.82 Å². The molecule has 0 radical (unpaired) electrons. The molecule has 0 bridgehead atoms. The van der Waals surface area contributed by atoms with E-state index in [0.717, 1.165) is 12.1 Å². The number of nitrogens with two attached hydrogens (primary N) is 1. The topological polar surface area (TPSA) is 38.0 Å². The van der Waals surface area contributed by atoms with Crippen LogP contribution in [0, 0.1) is 17.5 Å². The fourth-order valence-electron chi connectivity index (χ4n) is 1.93. The molecule has 2 aromatic rings. The van der Waals surface area contributed by atoms with Crippen molar-refractivity contribution in [3.8, 4) is 0 Å². The third kappa shape index (κ3) is 3.12. The lowest BCUT2D eigenvalue weighted by molar-refractivity contribution is 0.494. The number of hydrazine groups is 1. The molecule has 2 rings (SSSR count). The van der Waals surface area contributed by atoms with Gasteiger partial charge < -0.3 is 0 Å². The summed E-state index contributed by atoms with van der Waals surface area (Å²) >= 11 is 5.93. The zero-order valence-electron chi connectivity index (χ0n) is 10.3. The lowest BCUT2D eigenvalue weighted by Crippen LogP contribution is -2.30. The second-order valence-corrected chi connectivity index (χ2v) is 4.70. The molecule has 0 aromatic heterocycles. The summed E-state index contributed by atoms with van der Waals surface area (Å²) in [6.45, 7) is 0. The van der Waals surface area contributed by atoms with Gasteiger partial charge in [-0.3, -0.25) is 11.3 Å². The Kier molecular flexibility index (Phi) is 4.65. The van der Waals surface area contributed by atoms with Gasteiger partial charge in [-0.2, -0.15) is 0 Å². The van der Waals surface area contributed by atoms with Gasteiger partial charge in [-0.25, -0.2) is 13.2 Å². The van der Waals surface area contributed by atoms with Gasteiger partial charge in [-0.1, -0.05) is 23.7 Å². The van der Waals surface area contributed by atoms with Crippen LogP contribution in [0.1, 0.15) is 17.2 Å². The van der Waals surface area contributed by atoms with Gasteiger partial charge in [0, 0.05) is 10.6 Å². The molecule has 0 spiro atoms. The van der Waals surface area contributed by atoms with Crippen LogP contribution in [-0.4, -0.2) is 0 Å². The summed E-state index contributed by atoms with van der Waals surface area (Å²) in [5, 5.41) is 0.257. The fraction of sp³-hybridized carbons (Fsp3) is 0.143. The SMILES string of the molecule is NNC(Cc1c(F)cccc1Cl)c1ccc(F)c(F)c1. The minimum atomic E-state index is -0.984. The van der Waals surface area contributed by atoms with E-state index in [2.05, 4.69) is 5.43 Å². The van der Waals surface area contributed by atoms with Crippen molar-refractivity contribution in [1.82, 2.24) is 5.43 Å². The van der Waals surface area contributed by atoms with Crippen molar-refractivity contribution >= 4 is 11.6 Å². The standard InChI is InChI=1S/C14H12ClF3N2/c15-10-2-1-3-11(16)9(10)7-14(20-19)8-4-5-12(17)13(18)6-8/h1-6,14,20H,7,19H2. The zero-order valence-corrected chi connectivity index (χ0v) is 11.1. The van der Waals surface area contributed by atoms with Gasteiger partial charge in [0.2, 0.25) is 0 Å². The van der Waals surface area contributed by atoms with Gasteiger partial charge in [-0.05, 0) is 36.2 Å². The minimum absolute atomic E-state index is 0.118. The molecular formula is C14H12ClF3N2. The van der Waals surface area contributed by atoms with Crippen molar-refractivity contribution in [2.75, 3.05) is 0 Å². The van der Waals surface area contributed by atoms with E-state index in [0.29, 0.717) is 5.56 Å². The average molecular weight is 301 g/mol. The lowest BCUT2D eigenvalue weighted by Gasteiger charge is -2.17. The average Bonchev–Trinajstić information content (AvgIpc) is 2.42. The monoisotopic (exact) mass is 300 g/mol. The van der Waals surface area contributed by atoms with Crippen molar-refractivity contribution < 1.29 is 13.2 Å². The van der Waals surface area contributed by atoms with Gasteiger partial charge in [0.25, 0.3) is 0 Å². The van der Waals surface area contributed by atoms with E-state index < -0.39 is 23.5 Å². The first-order valence-electron chi connectivity index (χ1n) is 5.87. The number of halogens is 4. The van der Waals surface area contributed by atoms with Crippen molar-refractivity contribution in [3.63, 3.8) is 0 Å². The van der Waals surface area contributed by atoms with Crippen LogP contribution in [0.2, 0.25) is 5.02 Å². The molecule has 0 amide bonds. The highest BCUT2D eigenvalue weighted by atomic mass is 35.5. The van der Waals surface area contributed by atoms with Crippen LogP contribution in [0.5, 0.6) is 0 Å². The van der Waals surface area contributed by atoms with Gasteiger partial charge in [-0.15, -0.1) is 0 Å². The largest absolute Gasteiger partial charge is 0.271 e. The predicted molar refractivity (Wildman–Crippen MR) is 71.5 cm³/mol. The maximum Gasteiger partial charge on any atom is 0.159 e. The van der Waals surface area contributed by atoms with Crippen LogP contribution in [-0.2, 0) is 6.42 Å². The Morgan fingerprint density at radius 3 is 2.40 bits per heavy atom. The lowest BCUT2D eigenvalue weighted by atomic mass is 9.99. The Morgan fingerprint density at radius 1 is 1.05 bits per heavy atom. The molecule has 0 heterocycles. The van der Waals surface area contributed by atoms with Crippen LogP contribution in [0.4, 0.5) is 13.2 Å². The van der Waals surface area contributed by atoms with Crippen molar-refractivity contribution in [2.45, 2.75) is 12.5 Å². The molecular weight excluding hydrogens is 289 g/mol. The summed E-state index contributed by atoms with van der Waals surface area (Å²) in [5.74, 6) is 3.00. The Morgan fingerprint density at radius 2 is 1.80 bits per heavy atom. The molecule has 0 aliphatic heterocycles. The molecule has 2 aromatic carbocycles. The molecule has 0 aliphatic rings. The molecule has 2 nitrogen and oxygen atoms in total. The van der Waals surface area contributed by atoms with E-state index in [1.807, 2.05) is 0 Å². The first kappa shape index (κ1) is 14.8. The quantitative estimate of drug-likeness (QED) is 0.670. The molecule has 106 valence electrons. The Labute approximate surface area is 119 Å². The van der Waals surface area contributed by atoms with Crippen LogP contribution in [0.15, 0.2) is 36.4 Å². The summed E-state index contributed by atoms with van der Waals surface area (Å²) in [6, 6.07) is 7.15. The van der Waals surface area contributed by atoms with Gasteiger partial charge in [0.15, 0.2) is 11.6 Å². The molecule has 1 unspecified atom stereocenters. The van der Waals surface area contributed by atoms with E-state index in [-0.39, 0.29) is 17.0 Å². The predicted octanol–water partition coefficient (Wildman–Crippen LogP) is 3.50. The van der Waals surface area contributed by atoms with Crippen molar-refractivity contribution in [2.24, 2.45) is 5.84 Å². The van der Waals surface area contributed by atoms with Crippen LogP contribution >= 0.6 is 11.6 Å². The Hall–Kier alpha value is -1.56. The summed E-state index contributed by atoms with van der Waals surface area (Å²) < 4.78 is 39.9. The summed E-state index contributed by atoms with van der Waals surface area (Å²) in [6.07, 6.45) is 0.118. The molecule has 1 atom stereocenters. The molecule has 6 heteroatoms. The summed E-state index contributed by atoms with van der Waals surface area (Å²) in [7, 11) is 0. The molecule has 0 saturated heterocycles. The minimum Gasteiger partial charge on any atom is -0.271 e. The number of benzene rings is 2. The second kappa shape index (κ2) is 6.26. The highest BCUT2D eigenvalue weighted by Crippen LogP contribution is 2.26. The Bertz CT molecular complexity index is 599. The van der Waals surface area contributed by atoms with E-state index in [1.54, 1.807) is 6.07 Å². The van der Waals surface area contributed by atoms with Crippen LogP contribution in [0.25, 0.3) is 0 Å². The number of rotatable bonds is 4. The van der Waals surface area contributed by atoms with E-state index in [9.17, 15) is 13.2 Å². The Balaban J connectivity index is 2.31. The van der Waals surface area contributed by atoms with E-state index in [1.165, 1.54) is 18.2 Å². The number of hydrogen-bond acceptors (Lipinski definition) is 2. The molecule has 20 heavy (non-hydrogen) atoms. The highest BCUT2D eigenvalue weighted by Gasteiger charge is 2.17. The van der Waals surface area contributed by atoms with E-state index in [4.69, 9.17) is 17.4 Å². The van der Waals surface area contributed by atoms with Crippen LogP contribution < -0.4 is 11.3 Å². The smallest absolute Gasteiger partial charge is 0.159 e. The fourth-order valence-corrected chi connectivity index (χ4v) is 2.17. The zero-order chi connectivity index (χ0) is 14.7. The highest BCUT2D eigenvalue weighted by molar-refractivity contribution is 6.31. The molecule has 0 aliphatic carbocycles. The maximum atomic E-state index is 13.7. The van der Waals surface area contributed by atoms with Gasteiger partial charge in [0.05, 0.1) is 6.04 Å². The van der Waals surface area contributed by atoms with E-state index >= 15 is 0 Å². The maximum absolute atomic E-state index is 13.7. The first-order valence-corrected chi connectivity index (χ1v) is 6.24. The van der Waals surface area contributed by atoms with Gasteiger partial charge >= 0.3 is 0 Å². The number of hydrogen-bond donors (Lipinski definition) is 2. The molecule has 0 fully saturated rings. The summed E-state index contributed by atoms with van der Waals surface area (Å²) in [4.78, 5) is 0. The van der Waals surface area contributed by atoms with Crippen LogP contribution in [0.3, 0.4) is 0 Å².